The van der Waals surface area contributed by atoms with Crippen LogP contribution < -0.4 is 25.3 Å². The standard InChI is InChI=1S/C21H24N4O6/c1-28-13-11-16(19(17(12-13)29-2)31-10-9-30-8-7-26)25-21-18(20(22)27)23-14-5-3-4-6-15(14)24-21/h3-6,11-12,26H,7-10H2,1-2H3,(H2,22,27)(H,24,25). The third kappa shape index (κ3) is 5.30. The molecule has 0 aliphatic rings. The zero-order valence-electron chi connectivity index (χ0n) is 17.3. The fourth-order valence-corrected chi connectivity index (χ4v) is 2.84. The number of aromatic nitrogens is 2. The number of carbonyl (C=O) groups excluding carboxylic acids is 1. The first-order valence-electron chi connectivity index (χ1n) is 9.48. The SMILES string of the molecule is COc1cc(Nc2nc3ccccc3nc2C(N)=O)c(OCCOCCO)c(OC)c1. The summed E-state index contributed by atoms with van der Waals surface area (Å²) in [5, 5.41) is 11.9. The van der Waals surface area contributed by atoms with E-state index in [0.717, 1.165) is 0 Å². The zero-order valence-corrected chi connectivity index (χ0v) is 17.3. The molecule has 0 spiro atoms. The molecule has 164 valence electrons. The van der Waals surface area contributed by atoms with E-state index >= 15 is 0 Å². The Kier molecular flexibility index (Phi) is 7.41. The van der Waals surface area contributed by atoms with Gasteiger partial charge < -0.3 is 35.1 Å². The molecule has 0 fully saturated rings. The molecule has 4 N–H and O–H groups in total. The van der Waals surface area contributed by atoms with Crippen LogP contribution in [0, 0.1) is 0 Å². The van der Waals surface area contributed by atoms with Crippen molar-refractivity contribution in [2.24, 2.45) is 5.73 Å². The molecule has 3 rings (SSSR count). The first-order chi connectivity index (χ1) is 15.1. The Labute approximate surface area is 178 Å². The lowest BCUT2D eigenvalue weighted by Crippen LogP contribution is -2.17. The molecular formula is C21H24N4O6. The third-order valence-electron chi connectivity index (χ3n) is 4.25. The summed E-state index contributed by atoms with van der Waals surface area (Å²) in [5.74, 6) is 0.704. The van der Waals surface area contributed by atoms with Gasteiger partial charge in [0, 0.05) is 12.1 Å². The Balaban J connectivity index is 2.01. The van der Waals surface area contributed by atoms with Crippen molar-refractivity contribution in [1.29, 1.82) is 0 Å². The molecule has 1 amide bonds. The minimum Gasteiger partial charge on any atom is -0.497 e. The second kappa shape index (κ2) is 10.4. The number of fused-ring (bicyclic) bond motifs is 1. The minimum absolute atomic E-state index is 0.0160. The van der Waals surface area contributed by atoms with Crippen molar-refractivity contribution in [1.82, 2.24) is 9.97 Å². The Morgan fingerprint density at radius 2 is 1.81 bits per heavy atom. The Hall–Kier alpha value is -3.63. The molecule has 31 heavy (non-hydrogen) atoms. The van der Waals surface area contributed by atoms with Crippen molar-refractivity contribution < 1.29 is 28.8 Å². The fourth-order valence-electron chi connectivity index (χ4n) is 2.84. The van der Waals surface area contributed by atoms with E-state index in [4.69, 9.17) is 29.8 Å². The number of nitrogens with one attached hydrogen (secondary N) is 1. The summed E-state index contributed by atoms with van der Waals surface area (Å²) in [7, 11) is 3.02. The molecule has 1 aromatic heterocycles. The number of methoxy groups -OCH3 is 2. The molecule has 0 unspecified atom stereocenters. The molecule has 0 bridgehead atoms. The number of carbonyl (C=O) groups is 1. The van der Waals surface area contributed by atoms with Gasteiger partial charge in [-0.25, -0.2) is 9.97 Å². The number of anilines is 2. The number of rotatable bonds is 11. The van der Waals surface area contributed by atoms with Crippen LogP contribution in [0.3, 0.4) is 0 Å². The van der Waals surface area contributed by atoms with Gasteiger partial charge in [-0.15, -0.1) is 0 Å². The van der Waals surface area contributed by atoms with E-state index in [9.17, 15) is 4.79 Å². The fraction of sp³-hybridized carbons (Fsp3) is 0.286. The monoisotopic (exact) mass is 428 g/mol. The Morgan fingerprint density at radius 3 is 2.45 bits per heavy atom. The number of para-hydroxylation sites is 2. The highest BCUT2D eigenvalue weighted by Gasteiger charge is 2.19. The maximum atomic E-state index is 12.0. The number of hydrogen-bond donors (Lipinski definition) is 3. The van der Waals surface area contributed by atoms with Crippen LogP contribution in [0.25, 0.3) is 11.0 Å². The van der Waals surface area contributed by atoms with Gasteiger partial charge >= 0.3 is 0 Å². The topological polar surface area (TPSA) is 138 Å². The van der Waals surface area contributed by atoms with E-state index < -0.39 is 5.91 Å². The molecular weight excluding hydrogens is 404 g/mol. The molecule has 0 aliphatic heterocycles. The van der Waals surface area contributed by atoms with Gasteiger partial charge in [0.2, 0.25) is 0 Å². The van der Waals surface area contributed by atoms with Gasteiger partial charge in [-0.1, -0.05) is 12.1 Å². The van der Waals surface area contributed by atoms with Crippen LogP contribution >= 0.6 is 0 Å². The highest BCUT2D eigenvalue weighted by atomic mass is 16.5. The number of aliphatic hydroxyl groups excluding tert-OH is 1. The second-order valence-corrected chi connectivity index (χ2v) is 6.29. The highest BCUT2D eigenvalue weighted by Crippen LogP contribution is 2.41. The van der Waals surface area contributed by atoms with Crippen LogP contribution in [-0.2, 0) is 4.74 Å². The van der Waals surface area contributed by atoms with Crippen LogP contribution in [-0.4, -0.2) is 61.6 Å². The van der Waals surface area contributed by atoms with Crippen LogP contribution in [0.15, 0.2) is 36.4 Å². The summed E-state index contributed by atoms with van der Waals surface area (Å²) in [6.45, 7) is 0.596. The first kappa shape index (κ1) is 22.1. The second-order valence-electron chi connectivity index (χ2n) is 6.29. The molecule has 0 saturated heterocycles. The molecule has 10 nitrogen and oxygen atoms in total. The van der Waals surface area contributed by atoms with E-state index in [2.05, 4.69) is 15.3 Å². The van der Waals surface area contributed by atoms with Crippen LogP contribution in [0.2, 0.25) is 0 Å². The summed E-state index contributed by atoms with van der Waals surface area (Å²) in [6.07, 6.45) is 0. The van der Waals surface area contributed by atoms with Gasteiger partial charge in [0.1, 0.15) is 12.4 Å². The van der Waals surface area contributed by atoms with E-state index in [1.165, 1.54) is 14.2 Å². The van der Waals surface area contributed by atoms with Crippen molar-refractivity contribution >= 4 is 28.4 Å². The van der Waals surface area contributed by atoms with E-state index in [1.54, 1.807) is 30.3 Å². The number of primary amides is 1. The van der Waals surface area contributed by atoms with Crippen molar-refractivity contribution in [3.8, 4) is 17.2 Å². The summed E-state index contributed by atoms with van der Waals surface area (Å²) in [6, 6.07) is 10.5. The predicted octanol–water partition coefficient (Wildman–Crippen LogP) is 1.88. The van der Waals surface area contributed by atoms with Crippen molar-refractivity contribution in [3.63, 3.8) is 0 Å². The molecule has 0 aliphatic carbocycles. The quantitative estimate of drug-likeness (QED) is 0.391. The molecule has 3 aromatic rings. The maximum Gasteiger partial charge on any atom is 0.271 e. The number of hydrogen-bond acceptors (Lipinski definition) is 9. The van der Waals surface area contributed by atoms with Crippen LogP contribution in [0.4, 0.5) is 11.5 Å². The number of amides is 1. The zero-order chi connectivity index (χ0) is 22.2. The van der Waals surface area contributed by atoms with Crippen LogP contribution in [0.1, 0.15) is 10.5 Å². The Morgan fingerprint density at radius 1 is 1.06 bits per heavy atom. The normalized spacial score (nSPS) is 10.7. The summed E-state index contributed by atoms with van der Waals surface area (Å²) >= 11 is 0. The minimum atomic E-state index is -0.726. The van der Waals surface area contributed by atoms with Crippen LogP contribution in [0.5, 0.6) is 17.2 Å². The number of nitrogens with two attached hydrogens (primary N) is 1. The van der Waals surface area contributed by atoms with Gasteiger partial charge in [0.15, 0.2) is 23.0 Å². The summed E-state index contributed by atoms with van der Waals surface area (Å²) in [4.78, 5) is 20.9. The predicted molar refractivity (Wildman–Crippen MR) is 114 cm³/mol. The van der Waals surface area contributed by atoms with E-state index in [1.807, 2.05) is 6.07 Å². The first-order valence-corrected chi connectivity index (χ1v) is 9.48. The molecule has 0 saturated carbocycles. The van der Waals surface area contributed by atoms with Gasteiger partial charge in [-0.3, -0.25) is 4.79 Å². The number of aliphatic hydroxyl groups is 1. The lowest BCUT2D eigenvalue weighted by Gasteiger charge is -2.18. The van der Waals surface area contributed by atoms with Crippen molar-refractivity contribution in [2.45, 2.75) is 0 Å². The van der Waals surface area contributed by atoms with Gasteiger partial charge in [-0.2, -0.15) is 0 Å². The Bertz CT molecular complexity index is 1060. The average Bonchev–Trinajstić information content (AvgIpc) is 2.78. The lowest BCUT2D eigenvalue weighted by atomic mass is 10.2. The molecule has 1 heterocycles. The lowest BCUT2D eigenvalue weighted by molar-refractivity contribution is 0.0700. The molecule has 10 heteroatoms. The van der Waals surface area contributed by atoms with Gasteiger partial charge in [0.05, 0.1) is 50.8 Å². The molecule has 2 aromatic carbocycles. The largest absolute Gasteiger partial charge is 0.497 e. The number of ether oxygens (including phenoxy) is 4. The van der Waals surface area contributed by atoms with Gasteiger partial charge in [0.25, 0.3) is 5.91 Å². The van der Waals surface area contributed by atoms with Gasteiger partial charge in [-0.05, 0) is 12.1 Å². The van der Waals surface area contributed by atoms with Crippen molar-refractivity contribution in [2.75, 3.05) is 46.0 Å². The van der Waals surface area contributed by atoms with E-state index in [0.29, 0.717) is 34.0 Å². The summed E-state index contributed by atoms with van der Waals surface area (Å²) in [5.41, 5.74) is 7.09. The number of nitrogens with zero attached hydrogens (tertiary/aromatic N) is 2. The average molecular weight is 428 g/mol. The third-order valence-corrected chi connectivity index (χ3v) is 4.25. The van der Waals surface area contributed by atoms with Crippen molar-refractivity contribution in [3.05, 3.63) is 42.1 Å². The summed E-state index contributed by atoms with van der Waals surface area (Å²) < 4.78 is 21.9. The maximum absolute atomic E-state index is 12.0. The van der Waals surface area contributed by atoms with E-state index in [-0.39, 0.29) is 37.9 Å². The molecule has 0 atom stereocenters. The molecule has 0 radical (unpaired) electrons. The smallest absolute Gasteiger partial charge is 0.271 e. The highest BCUT2D eigenvalue weighted by molar-refractivity contribution is 5.98. The number of benzene rings is 2.